The third kappa shape index (κ3) is 2.65. The smallest absolute Gasteiger partial charge is 0.338 e. The molecule has 0 unspecified atom stereocenters. The Kier molecular flexibility index (Phi) is 4.03. The maximum atomic E-state index is 11.6. The van der Waals surface area contributed by atoms with Gasteiger partial charge in [0.15, 0.2) is 0 Å². The molecule has 3 nitrogen and oxygen atoms in total. The van der Waals surface area contributed by atoms with Gasteiger partial charge in [0.1, 0.15) is 0 Å². The van der Waals surface area contributed by atoms with Gasteiger partial charge in [-0.2, -0.15) is 0 Å². The summed E-state index contributed by atoms with van der Waals surface area (Å²) in [6.07, 6.45) is 4.01. The lowest BCUT2D eigenvalue weighted by Gasteiger charge is -2.08. The number of carbonyl (C=O) groups is 1. The quantitative estimate of drug-likeness (QED) is 0.559. The number of hydrogen-bond acceptors (Lipinski definition) is 3. The number of rotatable bonds is 4. The average Bonchev–Trinajstić information content (AvgIpc) is 2.21. The highest BCUT2D eigenvalue weighted by Crippen LogP contribution is 2.14. The summed E-state index contributed by atoms with van der Waals surface area (Å²) in [5.41, 5.74) is 2.33. The number of nitrogens with zero attached hydrogens (tertiary/aromatic N) is 1. The highest BCUT2D eigenvalue weighted by atomic mass is 16.5. The molecule has 0 fully saturated rings. The van der Waals surface area contributed by atoms with Gasteiger partial charge in [-0.05, 0) is 31.9 Å². The zero-order valence-corrected chi connectivity index (χ0v) is 9.12. The largest absolute Gasteiger partial charge is 0.462 e. The van der Waals surface area contributed by atoms with Crippen LogP contribution in [0.5, 0.6) is 0 Å². The Labute approximate surface area is 89.8 Å². The van der Waals surface area contributed by atoms with Gasteiger partial charge in [-0.25, -0.2) is 4.79 Å². The summed E-state index contributed by atoms with van der Waals surface area (Å²) in [5.74, 6) is -0.292. The fraction of sp³-hybridized carbons (Fsp3) is 0.333. The molecule has 0 saturated heterocycles. The summed E-state index contributed by atoms with van der Waals surface area (Å²) in [5, 5.41) is 0. The van der Waals surface area contributed by atoms with Gasteiger partial charge in [-0.1, -0.05) is 6.08 Å². The third-order valence-corrected chi connectivity index (χ3v) is 2.12. The van der Waals surface area contributed by atoms with Crippen LogP contribution in [0.3, 0.4) is 0 Å². The van der Waals surface area contributed by atoms with Gasteiger partial charge >= 0.3 is 5.97 Å². The second kappa shape index (κ2) is 5.29. The van der Waals surface area contributed by atoms with E-state index in [1.807, 2.05) is 6.92 Å². The number of esters is 1. The normalized spacial score (nSPS) is 9.73. The number of pyridine rings is 1. The molecule has 0 saturated carbocycles. The monoisotopic (exact) mass is 205 g/mol. The standard InChI is InChI=1S/C12H15NO2/c1-4-6-10-9(3)13-8-7-11(10)12(14)15-5-2/h4,7-8H,1,5-6H2,2-3H3. The maximum absolute atomic E-state index is 11.6. The molecule has 3 heteroatoms. The Bertz CT molecular complexity index is 372. The first-order valence-electron chi connectivity index (χ1n) is 4.93. The zero-order valence-electron chi connectivity index (χ0n) is 9.12. The Morgan fingerprint density at radius 2 is 2.40 bits per heavy atom. The summed E-state index contributed by atoms with van der Waals surface area (Å²) in [7, 11) is 0. The third-order valence-electron chi connectivity index (χ3n) is 2.12. The zero-order chi connectivity index (χ0) is 11.3. The van der Waals surface area contributed by atoms with Gasteiger partial charge < -0.3 is 4.74 Å². The molecule has 80 valence electrons. The fourth-order valence-electron chi connectivity index (χ4n) is 1.40. The highest BCUT2D eigenvalue weighted by Gasteiger charge is 2.13. The van der Waals surface area contributed by atoms with E-state index in [1.165, 1.54) is 0 Å². The Balaban J connectivity index is 3.10. The van der Waals surface area contributed by atoms with E-state index >= 15 is 0 Å². The van der Waals surface area contributed by atoms with Crippen LogP contribution in [0.25, 0.3) is 0 Å². The molecule has 1 rings (SSSR count). The molecule has 0 atom stereocenters. The molecule has 0 aliphatic rings. The fourth-order valence-corrected chi connectivity index (χ4v) is 1.40. The van der Waals surface area contributed by atoms with Crippen molar-refractivity contribution in [2.45, 2.75) is 20.3 Å². The van der Waals surface area contributed by atoms with Crippen molar-refractivity contribution in [2.24, 2.45) is 0 Å². The van der Waals surface area contributed by atoms with Crippen LogP contribution in [0.2, 0.25) is 0 Å². The van der Waals surface area contributed by atoms with Crippen LogP contribution >= 0.6 is 0 Å². The van der Waals surface area contributed by atoms with Crippen LogP contribution in [0.15, 0.2) is 24.9 Å². The molecular weight excluding hydrogens is 190 g/mol. The van der Waals surface area contributed by atoms with Crippen LogP contribution in [0, 0.1) is 6.92 Å². The van der Waals surface area contributed by atoms with Crippen molar-refractivity contribution in [1.82, 2.24) is 4.98 Å². The lowest BCUT2D eigenvalue weighted by molar-refractivity contribution is 0.0525. The molecule has 0 aromatic carbocycles. The summed E-state index contributed by atoms with van der Waals surface area (Å²) in [6, 6.07) is 1.68. The number of allylic oxidation sites excluding steroid dienone is 1. The average molecular weight is 205 g/mol. The van der Waals surface area contributed by atoms with E-state index < -0.39 is 0 Å². The lowest BCUT2D eigenvalue weighted by atomic mass is 10.0. The van der Waals surface area contributed by atoms with Crippen molar-refractivity contribution >= 4 is 5.97 Å². The summed E-state index contributed by atoms with van der Waals surface area (Å²) in [4.78, 5) is 15.8. The summed E-state index contributed by atoms with van der Waals surface area (Å²) < 4.78 is 4.97. The van der Waals surface area contributed by atoms with Crippen LogP contribution in [-0.2, 0) is 11.2 Å². The van der Waals surface area contributed by atoms with Crippen molar-refractivity contribution < 1.29 is 9.53 Å². The van der Waals surface area contributed by atoms with E-state index in [2.05, 4.69) is 11.6 Å². The maximum Gasteiger partial charge on any atom is 0.338 e. The number of hydrogen-bond donors (Lipinski definition) is 0. The molecular formula is C12H15NO2. The van der Waals surface area contributed by atoms with Crippen molar-refractivity contribution in [3.63, 3.8) is 0 Å². The van der Waals surface area contributed by atoms with Gasteiger partial charge in [0.25, 0.3) is 0 Å². The second-order valence-corrected chi connectivity index (χ2v) is 3.14. The minimum absolute atomic E-state index is 0.292. The van der Waals surface area contributed by atoms with Gasteiger partial charge in [0.05, 0.1) is 12.2 Å². The summed E-state index contributed by atoms with van der Waals surface area (Å²) in [6.45, 7) is 7.71. The topological polar surface area (TPSA) is 39.2 Å². The van der Waals surface area contributed by atoms with E-state index in [-0.39, 0.29) is 5.97 Å². The molecule has 0 amide bonds. The van der Waals surface area contributed by atoms with E-state index in [1.54, 1.807) is 25.3 Å². The Hall–Kier alpha value is -1.64. The predicted molar refractivity (Wildman–Crippen MR) is 58.8 cm³/mol. The second-order valence-electron chi connectivity index (χ2n) is 3.14. The van der Waals surface area contributed by atoms with E-state index in [0.717, 1.165) is 11.3 Å². The molecule has 1 aromatic heterocycles. The molecule has 0 N–H and O–H groups in total. The lowest BCUT2D eigenvalue weighted by Crippen LogP contribution is -2.09. The molecule has 0 radical (unpaired) electrons. The van der Waals surface area contributed by atoms with Crippen molar-refractivity contribution in [2.75, 3.05) is 6.61 Å². The van der Waals surface area contributed by atoms with Crippen LogP contribution in [0.1, 0.15) is 28.5 Å². The van der Waals surface area contributed by atoms with Crippen LogP contribution in [0.4, 0.5) is 0 Å². The van der Waals surface area contributed by atoms with Gasteiger partial charge in [-0.15, -0.1) is 6.58 Å². The molecule has 0 aliphatic heterocycles. The first-order chi connectivity index (χ1) is 7.20. The van der Waals surface area contributed by atoms with E-state index in [9.17, 15) is 4.79 Å². The minimum atomic E-state index is -0.292. The molecule has 0 spiro atoms. The van der Waals surface area contributed by atoms with E-state index in [4.69, 9.17) is 4.74 Å². The number of aromatic nitrogens is 1. The van der Waals surface area contributed by atoms with Gasteiger partial charge in [0.2, 0.25) is 0 Å². The Morgan fingerprint density at radius 1 is 1.67 bits per heavy atom. The molecule has 0 bridgehead atoms. The minimum Gasteiger partial charge on any atom is -0.462 e. The predicted octanol–water partition coefficient (Wildman–Crippen LogP) is 2.30. The van der Waals surface area contributed by atoms with Crippen LogP contribution < -0.4 is 0 Å². The number of aryl methyl sites for hydroxylation is 1. The van der Waals surface area contributed by atoms with Crippen LogP contribution in [-0.4, -0.2) is 17.6 Å². The summed E-state index contributed by atoms with van der Waals surface area (Å²) >= 11 is 0. The van der Waals surface area contributed by atoms with Gasteiger partial charge in [-0.3, -0.25) is 4.98 Å². The molecule has 0 aliphatic carbocycles. The number of carbonyl (C=O) groups excluding carboxylic acids is 1. The van der Waals surface area contributed by atoms with Crippen molar-refractivity contribution in [3.8, 4) is 0 Å². The Morgan fingerprint density at radius 3 is 3.00 bits per heavy atom. The van der Waals surface area contributed by atoms with E-state index in [0.29, 0.717) is 18.6 Å². The first-order valence-corrected chi connectivity index (χ1v) is 4.93. The van der Waals surface area contributed by atoms with Crippen molar-refractivity contribution in [1.29, 1.82) is 0 Å². The molecule has 15 heavy (non-hydrogen) atoms. The SMILES string of the molecule is C=CCc1c(C(=O)OCC)ccnc1C. The molecule has 1 aromatic rings. The number of ether oxygens (including phenoxy) is 1. The molecule has 1 heterocycles. The van der Waals surface area contributed by atoms with Crippen molar-refractivity contribution in [3.05, 3.63) is 41.7 Å². The highest BCUT2D eigenvalue weighted by molar-refractivity contribution is 5.91. The first kappa shape index (κ1) is 11.4. The van der Waals surface area contributed by atoms with Gasteiger partial charge in [0, 0.05) is 11.9 Å².